The fourth-order valence-corrected chi connectivity index (χ4v) is 6.03. The highest BCUT2D eigenvalue weighted by Crippen LogP contribution is 2.55. The first-order valence-corrected chi connectivity index (χ1v) is 8.38. The number of rotatable bonds is 3. The maximum absolute atomic E-state index is 3.98. The quantitative estimate of drug-likeness (QED) is 0.881. The van der Waals surface area contributed by atoms with Crippen LogP contribution in [0.15, 0.2) is 11.4 Å². The third kappa shape index (κ3) is 2.48. The molecule has 4 saturated carbocycles. The van der Waals surface area contributed by atoms with Gasteiger partial charge in [0, 0.05) is 17.0 Å². The van der Waals surface area contributed by atoms with Crippen molar-refractivity contribution in [1.29, 1.82) is 0 Å². The zero-order chi connectivity index (χ0) is 12.2. The lowest BCUT2D eigenvalue weighted by atomic mass is 9.53. The smallest absolute Gasteiger partial charge is 0.0307 e. The van der Waals surface area contributed by atoms with E-state index in [0.29, 0.717) is 5.54 Å². The Labute approximate surface area is 126 Å². The van der Waals surface area contributed by atoms with Gasteiger partial charge in [0.05, 0.1) is 0 Å². The molecule has 0 saturated heterocycles. The van der Waals surface area contributed by atoms with Crippen LogP contribution in [0.1, 0.15) is 49.0 Å². The maximum atomic E-state index is 3.98. The van der Waals surface area contributed by atoms with E-state index >= 15 is 0 Å². The van der Waals surface area contributed by atoms with Gasteiger partial charge in [-0.15, -0.1) is 11.3 Å². The predicted molar refractivity (Wildman–Crippen MR) is 76.8 cm³/mol. The van der Waals surface area contributed by atoms with E-state index in [2.05, 4.69) is 23.7 Å². The Hall–Kier alpha value is -0.0500. The number of hydrogen-bond acceptors (Lipinski definition) is 2. The summed E-state index contributed by atoms with van der Waals surface area (Å²) in [6.45, 7) is 3.35. The number of nitrogens with one attached hydrogen (secondary N) is 1. The molecule has 0 aromatic carbocycles. The van der Waals surface area contributed by atoms with Crippen molar-refractivity contribution in [2.24, 2.45) is 17.8 Å². The maximum Gasteiger partial charge on any atom is 0.0307 e. The lowest BCUT2D eigenvalue weighted by Crippen LogP contribution is -3.00. The zero-order valence-corrected chi connectivity index (χ0v) is 13.2. The summed E-state index contributed by atoms with van der Waals surface area (Å²) in [7, 11) is 0. The molecule has 1 nitrogen and oxygen atoms in total. The molecule has 5 rings (SSSR count). The second-order valence-corrected chi connectivity index (χ2v) is 8.08. The van der Waals surface area contributed by atoms with Gasteiger partial charge in [0.1, 0.15) is 0 Å². The summed E-state index contributed by atoms with van der Waals surface area (Å²) in [4.78, 5) is 1.55. The molecule has 1 N–H and O–H groups in total. The number of halogens is 1. The van der Waals surface area contributed by atoms with E-state index in [9.17, 15) is 0 Å². The predicted octanol–water partition coefficient (Wildman–Crippen LogP) is 1.12. The fourth-order valence-electron chi connectivity index (χ4n) is 5.18. The molecule has 106 valence electrons. The standard InChI is InChI=1S/C16H23NS.ClH/c1-11-2-3-18-15(11)10-17-16-7-12-4-13(8-16)6-14(5-12)9-16;/h2-3,12-14,17H,4-10H2,1H3;1H/p-1. The Bertz CT molecular complexity index is 418. The van der Waals surface area contributed by atoms with Gasteiger partial charge in [-0.3, -0.25) is 0 Å². The normalized spacial score (nSPS) is 39.3. The molecule has 4 bridgehead atoms. The molecule has 1 aromatic rings. The molecule has 0 unspecified atom stereocenters. The van der Waals surface area contributed by atoms with Crippen molar-refractivity contribution in [2.75, 3.05) is 0 Å². The molecule has 0 atom stereocenters. The SMILES string of the molecule is Cc1ccsc1CNC12CC3CC(CC(C3)C1)C2.[Cl-]. The monoisotopic (exact) mass is 296 g/mol. The summed E-state index contributed by atoms with van der Waals surface area (Å²) in [5.41, 5.74) is 1.99. The van der Waals surface area contributed by atoms with Crippen LogP contribution in [0, 0.1) is 24.7 Å². The Balaban J connectivity index is 0.00000110. The van der Waals surface area contributed by atoms with E-state index in [1.807, 2.05) is 11.3 Å². The van der Waals surface area contributed by atoms with Crippen molar-refractivity contribution in [3.63, 3.8) is 0 Å². The van der Waals surface area contributed by atoms with Crippen molar-refractivity contribution in [3.05, 3.63) is 21.9 Å². The summed E-state index contributed by atoms with van der Waals surface area (Å²) in [6.07, 6.45) is 9.01. The van der Waals surface area contributed by atoms with E-state index in [4.69, 9.17) is 0 Å². The largest absolute Gasteiger partial charge is 1.00 e. The molecule has 0 aliphatic heterocycles. The van der Waals surface area contributed by atoms with Gasteiger partial charge in [0.15, 0.2) is 0 Å². The first-order chi connectivity index (χ1) is 8.72. The van der Waals surface area contributed by atoms with Gasteiger partial charge in [-0.2, -0.15) is 0 Å². The van der Waals surface area contributed by atoms with E-state index in [-0.39, 0.29) is 12.4 Å². The molecule has 0 spiro atoms. The fraction of sp³-hybridized carbons (Fsp3) is 0.750. The highest BCUT2D eigenvalue weighted by molar-refractivity contribution is 7.10. The number of thiophene rings is 1. The van der Waals surface area contributed by atoms with Gasteiger partial charge in [0.25, 0.3) is 0 Å². The van der Waals surface area contributed by atoms with Gasteiger partial charge >= 0.3 is 0 Å². The Kier molecular flexibility index (Phi) is 3.70. The van der Waals surface area contributed by atoms with Crippen LogP contribution < -0.4 is 17.7 Å². The summed E-state index contributed by atoms with van der Waals surface area (Å²) in [6, 6.07) is 2.25. The molecule has 4 aliphatic carbocycles. The van der Waals surface area contributed by atoms with Crippen LogP contribution in [0.2, 0.25) is 0 Å². The van der Waals surface area contributed by atoms with Crippen LogP contribution in [-0.2, 0) is 6.54 Å². The summed E-state index contributed by atoms with van der Waals surface area (Å²) in [5, 5.41) is 6.21. The molecule has 3 heteroatoms. The molecule has 0 amide bonds. The first-order valence-electron chi connectivity index (χ1n) is 7.50. The molecule has 4 aliphatic rings. The topological polar surface area (TPSA) is 12.0 Å². The number of aryl methyl sites for hydroxylation is 1. The van der Waals surface area contributed by atoms with Gasteiger partial charge in [-0.25, -0.2) is 0 Å². The highest BCUT2D eigenvalue weighted by atomic mass is 35.5. The van der Waals surface area contributed by atoms with Crippen molar-refractivity contribution in [2.45, 2.75) is 57.5 Å². The van der Waals surface area contributed by atoms with Crippen LogP contribution in [0.5, 0.6) is 0 Å². The van der Waals surface area contributed by atoms with Crippen LogP contribution >= 0.6 is 11.3 Å². The van der Waals surface area contributed by atoms with Crippen LogP contribution in [-0.4, -0.2) is 5.54 Å². The van der Waals surface area contributed by atoms with Crippen molar-refractivity contribution < 1.29 is 12.4 Å². The zero-order valence-electron chi connectivity index (χ0n) is 11.6. The van der Waals surface area contributed by atoms with Gasteiger partial charge < -0.3 is 17.7 Å². The Morgan fingerprint density at radius 1 is 1.16 bits per heavy atom. The molecule has 19 heavy (non-hydrogen) atoms. The van der Waals surface area contributed by atoms with Gasteiger partial charge in [-0.1, -0.05) is 0 Å². The molecule has 1 aromatic heterocycles. The van der Waals surface area contributed by atoms with E-state index in [1.54, 1.807) is 4.88 Å². The van der Waals surface area contributed by atoms with Gasteiger partial charge in [0.2, 0.25) is 0 Å². The lowest BCUT2D eigenvalue weighted by Gasteiger charge is -2.57. The Morgan fingerprint density at radius 3 is 2.21 bits per heavy atom. The second kappa shape index (κ2) is 5.05. The lowest BCUT2D eigenvalue weighted by molar-refractivity contribution is -0.0205. The van der Waals surface area contributed by atoms with Crippen molar-refractivity contribution in [3.8, 4) is 0 Å². The van der Waals surface area contributed by atoms with E-state index < -0.39 is 0 Å². The third-order valence-electron chi connectivity index (χ3n) is 5.63. The third-order valence-corrected chi connectivity index (χ3v) is 6.65. The van der Waals surface area contributed by atoms with Crippen LogP contribution in [0.25, 0.3) is 0 Å². The van der Waals surface area contributed by atoms with Gasteiger partial charge in [-0.05, 0) is 80.2 Å². The first kappa shape index (κ1) is 13.9. The molecular weight excluding hydrogens is 274 g/mol. The summed E-state index contributed by atoms with van der Waals surface area (Å²) >= 11 is 1.92. The molecule has 0 radical (unpaired) electrons. The van der Waals surface area contributed by atoms with Crippen LogP contribution in [0.3, 0.4) is 0 Å². The minimum Gasteiger partial charge on any atom is -1.00 e. The highest BCUT2D eigenvalue weighted by Gasteiger charge is 2.50. The summed E-state index contributed by atoms with van der Waals surface area (Å²) < 4.78 is 0. The minimum absolute atomic E-state index is 0. The Morgan fingerprint density at radius 2 is 1.74 bits per heavy atom. The van der Waals surface area contributed by atoms with Crippen LogP contribution in [0.4, 0.5) is 0 Å². The van der Waals surface area contributed by atoms with E-state index in [0.717, 1.165) is 24.3 Å². The average molecular weight is 297 g/mol. The van der Waals surface area contributed by atoms with Crippen molar-refractivity contribution in [1.82, 2.24) is 5.32 Å². The molecular formula is C16H23ClNS-. The number of hydrogen-bond donors (Lipinski definition) is 1. The molecule has 4 fully saturated rings. The molecule has 1 heterocycles. The van der Waals surface area contributed by atoms with Crippen molar-refractivity contribution >= 4 is 11.3 Å². The minimum atomic E-state index is 0. The average Bonchev–Trinajstić information content (AvgIpc) is 2.70. The van der Waals surface area contributed by atoms with E-state index in [1.165, 1.54) is 44.1 Å². The summed E-state index contributed by atoms with van der Waals surface area (Å²) in [5.74, 6) is 3.15. The second-order valence-electron chi connectivity index (χ2n) is 7.08.